The lowest BCUT2D eigenvalue weighted by atomic mass is 9.98. The van der Waals surface area contributed by atoms with E-state index in [1.165, 1.54) is 23.2 Å². The Morgan fingerprint density at radius 2 is 1.93 bits per heavy atom. The van der Waals surface area contributed by atoms with Gasteiger partial charge in [0.1, 0.15) is 5.75 Å². The van der Waals surface area contributed by atoms with E-state index in [2.05, 4.69) is 34.7 Å². The summed E-state index contributed by atoms with van der Waals surface area (Å²) in [7, 11) is -1.95. The first-order chi connectivity index (χ1) is 13.0. The Hall–Kier alpha value is -2.05. The highest BCUT2D eigenvalue weighted by Gasteiger charge is 2.17. The number of hydrogen-bond donors (Lipinski definition) is 1. The van der Waals surface area contributed by atoms with Crippen molar-refractivity contribution in [3.05, 3.63) is 53.6 Å². The topological polar surface area (TPSA) is 58.6 Å². The van der Waals surface area contributed by atoms with Gasteiger partial charge < -0.3 is 9.64 Å². The molecule has 0 fully saturated rings. The van der Waals surface area contributed by atoms with E-state index >= 15 is 0 Å². The Kier molecular flexibility index (Phi) is 6.39. The fourth-order valence-electron chi connectivity index (χ4n) is 3.55. The third-order valence-electron chi connectivity index (χ3n) is 4.93. The quantitative estimate of drug-likeness (QED) is 0.753. The van der Waals surface area contributed by atoms with Crippen LogP contribution in [0, 0.1) is 0 Å². The highest BCUT2D eigenvalue weighted by Crippen LogP contribution is 2.28. The molecule has 0 bridgehead atoms. The second-order valence-corrected chi connectivity index (χ2v) is 8.64. The molecule has 6 heteroatoms. The molecule has 0 amide bonds. The van der Waals surface area contributed by atoms with Gasteiger partial charge in [-0.2, -0.15) is 0 Å². The number of ether oxygens (including phenoxy) is 1. The SMILES string of the molecule is CCCN1CCCc2cc(CCNS(=O)(=O)c3ccc(OC)cc3)ccc21. The summed E-state index contributed by atoms with van der Waals surface area (Å²) in [4.78, 5) is 2.71. The summed E-state index contributed by atoms with van der Waals surface area (Å²) in [6.07, 6.45) is 4.10. The Morgan fingerprint density at radius 1 is 1.15 bits per heavy atom. The summed E-state index contributed by atoms with van der Waals surface area (Å²) >= 11 is 0. The number of rotatable bonds is 8. The van der Waals surface area contributed by atoms with Crippen LogP contribution in [0.5, 0.6) is 5.75 Å². The van der Waals surface area contributed by atoms with E-state index in [0.29, 0.717) is 18.7 Å². The molecule has 27 heavy (non-hydrogen) atoms. The molecule has 0 atom stereocenters. The lowest BCUT2D eigenvalue weighted by Crippen LogP contribution is -2.30. The van der Waals surface area contributed by atoms with Crippen molar-refractivity contribution in [2.24, 2.45) is 0 Å². The van der Waals surface area contributed by atoms with Crippen molar-refractivity contribution < 1.29 is 13.2 Å². The minimum Gasteiger partial charge on any atom is -0.497 e. The fraction of sp³-hybridized carbons (Fsp3) is 0.429. The molecule has 5 nitrogen and oxygen atoms in total. The molecule has 2 aromatic carbocycles. The molecule has 2 aromatic rings. The van der Waals surface area contributed by atoms with Gasteiger partial charge in [0.05, 0.1) is 12.0 Å². The Morgan fingerprint density at radius 3 is 2.63 bits per heavy atom. The van der Waals surface area contributed by atoms with Gasteiger partial charge in [0, 0.05) is 25.3 Å². The normalized spacial score (nSPS) is 14.1. The first kappa shape index (κ1) is 19.7. The van der Waals surface area contributed by atoms with Gasteiger partial charge in [-0.3, -0.25) is 0 Å². The lowest BCUT2D eigenvalue weighted by Gasteiger charge is -2.31. The monoisotopic (exact) mass is 388 g/mol. The van der Waals surface area contributed by atoms with E-state index in [1.54, 1.807) is 31.4 Å². The van der Waals surface area contributed by atoms with Crippen LogP contribution in [0.25, 0.3) is 0 Å². The number of hydrogen-bond acceptors (Lipinski definition) is 4. The summed E-state index contributed by atoms with van der Waals surface area (Å²) < 4.78 is 32.6. The van der Waals surface area contributed by atoms with Gasteiger partial charge in [0.2, 0.25) is 10.0 Å². The minimum atomic E-state index is -3.50. The van der Waals surface area contributed by atoms with E-state index in [0.717, 1.165) is 25.9 Å². The zero-order valence-corrected chi connectivity index (χ0v) is 16.9. The predicted molar refractivity (Wildman–Crippen MR) is 109 cm³/mol. The predicted octanol–water partition coefficient (Wildman–Crippen LogP) is 3.38. The number of fused-ring (bicyclic) bond motifs is 1. The number of nitrogens with zero attached hydrogens (tertiary/aromatic N) is 1. The summed E-state index contributed by atoms with van der Waals surface area (Å²) in [5.41, 5.74) is 3.89. The van der Waals surface area contributed by atoms with Crippen LogP contribution >= 0.6 is 0 Å². The van der Waals surface area contributed by atoms with Gasteiger partial charge >= 0.3 is 0 Å². The molecule has 0 radical (unpaired) electrons. The van der Waals surface area contributed by atoms with Crippen LogP contribution in [-0.2, 0) is 22.9 Å². The Labute approximate surface area is 162 Å². The average Bonchev–Trinajstić information content (AvgIpc) is 2.68. The fourth-order valence-corrected chi connectivity index (χ4v) is 4.59. The van der Waals surface area contributed by atoms with E-state index in [9.17, 15) is 8.42 Å². The highest BCUT2D eigenvalue weighted by molar-refractivity contribution is 7.89. The van der Waals surface area contributed by atoms with Crippen molar-refractivity contribution in [1.29, 1.82) is 0 Å². The summed E-state index contributed by atoms with van der Waals surface area (Å²) in [5, 5.41) is 0. The van der Waals surface area contributed by atoms with Crippen LogP contribution in [0.3, 0.4) is 0 Å². The van der Waals surface area contributed by atoms with Crippen LogP contribution in [0.15, 0.2) is 47.4 Å². The molecule has 0 spiro atoms. The van der Waals surface area contributed by atoms with Gasteiger partial charge in [-0.1, -0.05) is 19.1 Å². The molecule has 3 rings (SSSR count). The molecule has 0 unspecified atom stereocenters. The average molecular weight is 389 g/mol. The third kappa shape index (κ3) is 4.82. The van der Waals surface area contributed by atoms with Crippen molar-refractivity contribution in [2.75, 3.05) is 31.6 Å². The second-order valence-electron chi connectivity index (χ2n) is 6.88. The number of benzene rings is 2. The van der Waals surface area contributed by atoms with Gasteiger partial charge in [0.15, 0.2) is 0 Å². The molecule has 1 aliphatic rings. The maximum atomic E-state index is 12.4. The number of anilines is 1. The van der Waals surface area contributed by atoms with Gasteiger partial charge in [-0.25, -0.2) is 13.1 Å². The molecule has 0 saturated carbocycles. The molecule has 0 aromatic heterocycles. The van der Waals surface area contributed by atoms with Crippen LogP contribution in [0.1, 0.15) is 30.9 Å². The van der Waals surface area contributed by atoms with Gasteiger partial charge in [-0.15, -0.1) is 0 Å². The van der Waals surface area contributed by atoms with E-state index in [4.69, 9.17) is 4.74 Å². The number of aryl methyl sites for hydroxylation is 1. The molecule has 0 saturated heterocycles. The van der Waals surface area contributed by atoms with Crippen LogP contribution in [0.2, 0.25) is 0 Å². The minimum absolute atomic E-state index is 0.254. The first-order valence-electron chi connectivity index (χ1n) is 9.54. The zero-order chi connectivity index (χ0) is 19.3. The molecular weight excluding hydrogens is 360 g/mol. The van der Waals surface area contributed by atoms with Crippen molar-refractivity contribution >= 4 is 15.7 Å². The maximum Gasteiger partial charge on any atom is 0.240 e. The molecule has 0 aliphatic carbocycles. The van der Waals surface area contributed by atoms with Crippen molar-refractivity contribution in [3.8, 4) is 5.75 Å². The summed E-state index contributed by atoms with van der Waals surface area (Å²) in [5.74, 6) is 0.639. The molecule has 1 heterocycles. The maximum absolute atomic E-state index is 12.4. The number of nitrogens with one attached hydrogen (secondary N) is 1. The van der Waals surface area contributed by atoms with Crippen molar-refractivity contribution in [2.45, 2.75) is 37.5 Å². The standard InChI is InChI=1S/C21H28N2O3S/c1-3-14-23-15-4-5-18-16-17(6-11-21(18)23)12-13-22-27(24,25)20-9-7-19(26-2)8-10-20/h6-11,16,22H,3-5,12-15H2,1-2H3. The molecule has 146 valence electrons. The Bertz CT molecular complexity index is 863. The Balaban J connectivity index is 1.61. The van der Waals surface area contributed by atoms with Crippen LogP contribution in [0.4, 0.5) is 5.69 Å². The molecule has 1 N–H and O–H groups in total. The van der Waals surface area contributed by atoms with E-state index < -0.39 is 10.0 Å². The van der Waals surface area contributed by atoms with Crippen molar-refractivity contribution in [3.63, 3.8) is 0 Å². The first-order valence-corrected chi connectivity index (χ1v) is 11.0. The smallest absolute Gasteiger partial charge is 0.240 e. The largest absolute Gasteiger partial charge is 0.497 e. The third-order valence-corrected chi connectivity index (χ3v) is 6.40. The lowest BCUT2D eigenvalue weighted by molar-refractivity contribution is 0.414. The molecular formula is C21H28N2O3S. The number of sulfonamides is 1. The van der Waals surface area contributed by atoms with Crippen LogP contribution in [-0.4, -0.2) is 35.2 Å². The van der Waals surface area contributed by atoms with Crippen LogP contribution < -0.4 is 14.4 Å². The summed E-state index contributed by atoms with van der Waals surface area (Å²) in [6, 6.07) is 13.0. The van der Waals surface area contributed by atoms with E-state index in [1.807, 2.05) is 0 Å². The van der Waals surface area contributed by atoms with E-state index in [-0.39, 0.29) is 4.90 Å². The molecule has 1 aliphatic heterocycles. The summed E-state index contributed by atoms with van der Waals surface area (Å²) in [6.45, 7) is 4.80. The van der Waals surface area contributed by atoms with Gasteiger partial charge in [0.25, 0.3) is 0 Å². The number of methoxy groups -OCH3 is 1. The second kappa shape index (κ2) is 8.76. The van der Waals surface area contributed by atoms with Crippen molar-refractivity contribution in [1.82, 2.24) is 4.72 Å². The zero-order valence-electron chi connectivity index (χ0n) is 16.1. The van der Waals surface area contributed by atoms with Gasteiger partial charge in [-0.05, 0) is 67.1 Å². The highest BCUT2D eigenvalue weighted by atomic mass is 32.2.